The number of hydrogen-bond acceptors (Lipinski definition) is 3. The number of halogens is 1. The van der Waals surface area contributed by atoms with Crippen molar-refractivity contribution in [3.8, 4) is 5.75 Å². The maximum absolute atomic E-state index is 11.7. The fourth-order valence-electron chi connectivity index (χ4n) is 1.20. The standard InChI is InChI=1S/C11H16ClNO3S/c1-8(2)5-6-17(15,16)13-10-4-3-9(12)7-11(10)14/h3-4,7-8,13-14H,5-6H2,1-2H3. The van der Waals surface area contributed by atoms with Crippen molar-refractivity contribution >= 4 is 27.3 Å². The highest BCUT2D eigenvalue weighted by atomic mass is 35.5. The van der Waals surface area contributed by atoms with Crippen molar-refractivity contribution in [2.24, 2.45) is 5.92 Å². The smallest absolute Gasteiger partial charge is 0.232 e. The first kappa shape index (κ1) is 14.1. The lowest BCUT2D eigenvalue weighted by Gasteiger charge is -2.10. The second-order valence-electron chi connectivity index (χ2n) is 4.26. The van der Waals surface area contributed by atoms with Crippen LogP contribution in [0.15, 0.2) is 18.2 Å². The van der Waals surface area contributed by atoms with Crippen LogP contribution in [-0.2, 0) is 10.0 Å². The van der Waals surface area contributed by atoms with Crippen LogP contribution >= 0.6 is 11.6 Å². The largest absolute Gasteiger partial charge is 0.506 e. The molecule has 6 heteroatoms. The van der Waals surface area contributed by atoms with Gasteiger partial charge in [-0.1, -0.05) is 25.4 Å². The molecule has 0 radical (unpaired) electrons. The van der Waals surface area contributed by atoms with Crippen LogP contribution in [0.3, 0.4) is 0 Å². The van der Waals surface area contributed by atoms with Gasteiger partial charge in [0.05, 0.1) is 11.4 Å². The molecule has 0 spiro atoms. The Morgan fingerprint density at radius 3 is 2.59 bits per heavy atom. The van der Waals surface area contributed by atoms with Crippen molar-refractivity contribution in [3.05, 3.63) is 23.2 Å². The predicted octanol–water partition coefficient (Wildman–Crippen LogP) is 2.83. The summed E-state index contributed by atoms with van der Waals surface area (Å²) in [6.07, 6.45) is 0.573. The SMILES string of the molecule is CC(C)CCS(=O)(=O)Nc1ccc(Cl)cc1O. The van der Waals surface area contributed by atoms with E-state index in [0.29, 0.717) is 17.4 Å². The number of benzene rings is 1. The molecule has 0 aliphatic rings. The first-order valence-corrected chi connectivity index (χ1v) is 7.32. The molecular formula is C11H16ClNO3S. The van der Waals surface area contributed by atoms with Crippen LogP contribution in [0.4, 0.5) is 5.69 Å². The van der Waals surface area contributed by atoms with E-state index < -0.39 is 10.0 Å². The Balaban J connectivity index is 2.76. The maximum Gasteiger partial charge on any atom is 0.232 e. The van der Waals surface area contributed by atoms with Crippen molar-refractivity contribution in [3.63, 3.8) is 0 Å². The van der Waals surface area contributed by atoms with Gasteiger partial charge in [-0.15, -0.1) is 0 Å². The summed E-state index contributed by atoms with van der Waals surface area (Å²) in [4.78, 5) is 0. The van der Waals surface area contributed by atoms with Gasteiger partial charge in [-0.2, -0.15) is 0 Å². The third kappa shape index (κ3) is 4.83. The second-order valence-corrected chi connectivity index (χ2v) is 6.54. The lowest BCUT2D eigenvalue weighted by Crippen LogP contribution is -2.17. The normalized spacial score (nSPS) is 11.8. The molecule has 96 valence electrons. The minimum Gasteiger partial charge on any atom is -0.506 e. The van der Waals surface area contributed by atoms with Crippen LogP contribution in [0.1, 0.15) is 20.3 Å². The van der Waals surface area contributed by atoms with Gasteiger partial charge in [-0.05, 0) is 24.5 Å². The predicted molar refractivity (Wildman–Crippen MR) is 70.0 cm³/mol. The van der Waals surface area contributed by atoms with E-state index in [1.54, 1.807) is 0 Å². The molecule has 0 unspecified atom stereocenters. The Bertz CT molecular complexity index is 485. The lowest BCUT2D eigenvalue weighted by atomic mass is 10.2. The molecule has 1 rings (SSSR count). The van der Waals surface area contributed by atoms with Gasteiger partial charge >= 0.3 is 0 Å². The van der Waals surface area contributed by atoms with E-state index >= 15 is 0 Å². The van der Waals surface area contributed by atoms with E-state index in [9.17, 15) is 13.5 Å². The molecule has 0 atom stereocenters. The monoisotopic (exact) mass is 277 g/mol. The molecule has 0 fully saturated rings. The van der Waals surface area contributed by atoms with Gasteiger partial charge in [0.2, 0.25) is 10.0 Å². The van der Waals surface area contributed by atoms with Crippen molar-refractivity contribution in [2.75, 3.05) is 10.5 Å². The zero-order valence-corrected chi connectivity index (χ0v) is 11.3. The lowest BCUT2D eigenvalue weighted by molar-refractivity contribution is 0.477. The van der Waals surface area contributed by atoms with Crippen molar-refractivity contribution in [1.29, 1.82) is 0 Å². The molecule has 0 heterocycles. The quantitative estimate of drug-likeness (QED) is 0.814. The fourth-order valence-corrected chi connectivity index (χ4v) is 2.76. The Morgan fingerprint density at radius 1 is 1.41 bits per heavy atom. The number of hydrogen-bond donors (Lipinski definition) is 2. The first-order chi connectivity index (χ1) is 7.80. The Kier molecular flexibility index (Phi) is 4.65. The topological polar surface area (TPSA) is 66.4 Å². The van der Waals surface area contributed by atoms with E-state index in [-0.39, 0.29) is 17.2 Å². The van der Waals surface area contributed by atoms with Crippen LogP contribution in [-0.4, -0.2) is 19.3 Å². The molecule has 0 aliphatic heterocycles. The van der Waals surface area contributed by atoms with Crippen molar-refractivity contribution < 1.29 is 13.5 Å². The van der Waals surface area contributed by atoms with Gasteiger partial charge in [-0.3, -0.25) is 4.72 Å². The number of phenolic OH excluding ortho intramolecular Hbond substituents is 1. The maximum atomic E-state index is 11.7. The summed E-state index contributed by atoms with van der Waals surface area (Å²) in [5, 5.41) is 9.87. The first-order valence-electron chi connectivity index (χ1n) is 5.29. The molecule has 0 bridgehead atoms. The van der Waals surface area contributed by atoms with Crippen LogP contribution in [0.2, 0.25) is 5.02 Å². The summed E-state index contributed by atoms with van der Waals surface area (Å²) in [5.41, 5.74) is 0.151. The highest BCUT2D eigenvalue weighted by Gasteiger charge is 2.13. The third-order valence-corrected chi connectivity index (χ3v) is 3.73. The van der Waals surface area contributed by atoms with Gasteiger partial charge in [0.15, 0.2) is 0 Å². The fraction of sp³-hybridized carbons (Fsp3) is 0.455. The Labute approximate surface area is 107 Å². The van der Waals surface area contributed by atoms with Gasteiger partial charge in [-0.25, -0.2) is 8.42 Å². The molecule has 1 aromatic carbocycles. The molecule has 0 saturated heterocycles. The van der Waals surface area contributed by atoms with E-state index in [1.807, 2.05) is 13.8 Å². The summed E-state index contributed by atoms with van der Waals surface area (Å²) in [7, 11) is -3.42. The number of rotatable bonds is 5. The summed E-state index contributed by atoms with van der Waals surface area (Å²) >= 11 is 5.65. The zero-order valence-electron chi connectivity index (χ0n) is 9.77. The summed E-state index contributed by atoms with van der Waals surface area (Å²) < 4.78 is 25.7. The molecule has 0 saturated carbocycles. The van der Waals surface area contributed by atoms with Crippen molar-refractivity contribution in [1.82, 2.24) is 0 Å². The molecule has 0 aliphatic carbocycles. The number of anilines is 1. The van der Waals surface area contributed by atoms with E-state index in [4.69, 9.17) is 11.6 Å². The average Bonchev–Trinajstić information content (AvgIpc) is 2.20. The summed E-state index contributed by atoms with van der Waals surface area (Å²) in [6, 6.07) is 4.24. The average molecular weight is 278 g/mol. The van der Waals surface area contributed by atoms with Crippen LogP contribution in [0.5, 0.6) is 5.75 Å². The zero-order chi connectivity index (χ0) is 13.1. The van der Waals surface area contributed by atoms with E-state index in [1.165, 1.54) is 18.2 Å². The number of aromatic hydroxyl groups is 1. The summed E-state index contributed by atoms with van der Waals surface area (Å²) in [5.74, 6) is 0.170. The van der Waals surface area contributed by atoms with Gasteiger partial charge in [0, 0.05) is 11.1 Å². The molecule has 0 amide bonds. The summed E-state index contributed by atoms with van der Waals surface area (Å²) in [6.45, 7) is 3.91. The van der Waals surface area contributed by atoms with E-state index in [2.05, 4.69) is 4.72 Å². The molecule has 2 N–H and O–H groups in total. The molecule has 17 heavy (non-hydrogen) atoms. The minimum atomic E-state index is -3.42. The Morgan fingerprint density at radius 2 is 2.06 bits per heavy atom. The van der Waals surface area contributed by atoms with Gasteiger partial charge in [0.25, 0.3) is 0 Å². The van der Waals surface area contributed by atoms with Crippen LogP contribution < -0.4 is 4.72 Å². The number of sulfonamides is 1. The third-order valence-electron chi connectivity index (χ3n) is 2.19. The van der Waals surface area contributed by atoms with Crippen LogP contribution in [0, 0.1) is 5.92 Å². The van der Waals surface area contributed by atoms with Crippen molar-refractivity contribution in [2.45, 2.75) is 20.3 Å². The van der Waals surface area contributed by atoms with Gasteiger partial charge < -0.3 is 5.11 Å². The molecule has 0 aromatic heterocycles. The number of phenols is 1. The van der Waals surface area contributed by atoms with E-state index in [0.717, 1.165) is 0 Å². The highest BCUT2D eigenvalue weighted by molar-refractivity contribution is 7.92. The molecular weight excluding hydrogens is 262 g/mol. The van der Waals surface area contributed by atoms with Gasteiger partial charge in [0.1, 0.15) is 5.75 Å². The molecule has 4 nitrogen and oxygen atoms in total. The number of nitrogens with one attached hydrogen (secondary N) is 1. The Hall–Kier alpha value is -0.940. The molecule has 1 aromatic rings. The van der Waals surface area contributed by atoms with Crippen LogP contribution in [0.25, 0.3) is 0 Å². The minimum absolute atomic E-state index is 0.0345. The second kappa shape index (κ2) is 5.60. The highest BCUT2D eigenvalue weighted by Crippen LogP contribution is 2.27.